The van der Waals surface area contributed by atoms with Crippen LogP contribution in [0.1, 0.15) is 27.2 Å². The first-order valence-electron chi connectivity index (χ1n) is 5.90. The Bertz CT molecular complexity index is 690. The molecule has 0 radical (unpaired) electrons. The van der Waals surface area contributed by atoms with E-state index in [-0.39, 0.29) is 28.0 Å². The van der Waals surface area contributed by atoms with Gasteiger partial charge in [0.15, 0.2) is 0 Å². The van der Waals surface area contributed by atoms with Gasteiger partial charge in [-0.1, -0.05) is 11.6 Å². The fourth-order valence-electron chi connectivity index (χ4n) is 1.44. The predicted molar refractivity (Wildman–Crippen MR) is 77.4 cm³/mol. The lowest BCUT2D eigenvalue weighted by Crippen LogP contribution is -2.13. The van der Waals surface area contributed by atoms with Crippen molar-refractivity contribution in [2.24, 2.45) is 0 Å². The average molecular weight is 329 g/mol. The summed E-state index contributed by atoms with van der Waals surface area (Å²) in [7, 11) is 0. The standard InChI is InChI=1S/C13H10ClFN2O3S/c1-2-20-13(19)12-17-10(6-21-12)11(18)16-9-4-3-7(15)5-8(9)14/h3-6H,2H2,1H3,(H,16,18). The smallest absolute Gasteiger partial charge is 0.367 e. The number of aromatic nitrogens is 1. The maximum atomic E-state index is 12.9. The second kappa shape index (κ2) is 6.64. The number of hydrogen-bond acceptors (Lipinski definition) is 5. The Morgan fingerprint density at radius 3 is 2.90 bits per heavy atom. The number of ether oxygens (including phenoxy) is 1. The lowest BCUT2D eigenvalue weighted by molar-refractivity contribution is 0.0526. The van der Waals surface area contributed by atoms with Gasteiger partial charge in [0, 0.05) is 5.38 Å². The largest absolute Gasteiger partial charge is 0.461 e. The molecule has 0 spiro atoms. The number of esters is 1. The second-order valence-corrected chi connectivity index (χ2v) is 5.10. The molecule has 0 atom stereocenters. The van der Waals surface area contributed by atoms with Gasteiger partial charge >= 0.3 is 5.97 Å². The molecule has 0 aliphatic rings. The molecule has 2 aromatic rings. The normalized spacial score (nSPS) is 10.2. The van der Waals surface area contributed by atoms with Crippen LogP contribution in [0.25, 0.3) is 0 Å². The minimum Gasteiger partial charge on any atom is -0.461 e. The number of thiazole rings is 1. The van der Waals surface area contributed by atoms with Crippen molar-refractivity contribution in [1.82, 2.24) is 4.98 Å². The molecule has 5 nitrogen and oxygen atoms in total. The number of nitrogens with one attached hydrogen (secondary N) is 1. The van der Waals surface area contributed by atoms with Crippen LogP contribution < -0.4 is 5.32 Å². The van der Waals surface area contributed by atoms with Gasteiger partial charge in [-0.3, -0.25) is 4.79 Å². The van der Waals surface area contributed by atoms with Crippen molar-refractivity contribution >= 4 is 40.5 Å². The van der Waals surface area contributed by atoms with E-state index in [1.807, 2.05) is 0 Å². The van der Waals surface area contributed by atoms with Gasteiger partial charge < -0.3 is 10.1 Å². The van der Waals surface area contributed by atoms with Crippen LogP contribution in [0.3, 0.4) is 0 Å². The number of rotatable bonds is 4. The van der Waals surface area contributed by atoms with E-state index in [1.165, 1.54) is 17.5 Å². The van der Waals surface area contributed by atoms with Crippen LogP contribution in [0.2, 0.25) is 5.02 Å². The first-order chi connectivity index (χ1) is 10.0. The molecule has 0 saturated heterocycles. The van der Waals surface area contributed by atoms with Crippen LogP contribution in [-0.4, -0.2) is 23.5 Å². The van der Waals surface area contributed by atoms with Crippen molar-refractivity contribution in [2.45, 2.75) is 6.92 Å². The van der Waals surface area contributed by atoms with E-state index in [0.717, 1.165) is 17.4 Å². The van der Waals surface area contributed by atoms with E-state index in [9.17, 15) is 14.0 Å². The Balaban J connectivity index is 2.12. The minimum atomic E-state index is -0.582. The summed E-state index contributed by atoms with van der Waals surface area (Å²) in [4.78, 5) is 27.3. The Hall–Kier alpha value is -1.99. The number of carbonyl (C=O) groups is 2. The highest BCUT2D eigenvalue weighted by Gasteiger charge is 2.17. The molecule has 8 heteroatoms. The third-order valence-corrected chi connectivity index (χ3v) is 3.50. The zero-order valence-corrected chi connectivity index (χ0v) is 12.4. The molecule has 1 amide bonds. The Morgan fingerprint density at radius 1 is 1.48 bits per heavy atom. The van der Waals surface area contributed by atoms with Crippen LogP contribution in [0.15, 0.2) is 23.6 Å². The Labute approximate surface area is 128 Å². The summed E-state index contributed by atoms with van der Waals surface area (Å²) in [6.45, 7) is 1.90. The molecule has 0 aliphatic heterocycles. The van der Waals surface area contributed by atoms with Crippen molar-refractivity contribution in [1.29, 1.82) is 0 Å². The number of halogens is 2. The summed E-state index contributed by atoms with van der Waals surface area (Å²) >= 11 is 6.81. The minimum absolute atomic E-state index is 0.0587. The topological polar surface area (TPSA) is 68.3 Å². The summed E-state index contributed by atoms with van der Waals surface area (Å²) < 4.78 is 17.7. The van der Waals surface area contributed by atoms with E-state index in [4.69, 9.17) is 16.3 Å². The monoisotopic (exact) mass is 328 g/mol. The van der Waals surface area contributed by atoms with Gasteiger partial charge in [0.05, 0.1) is 17.3 Å². The zero-order chi connectivity index (χ0) is 15.4. The molecule has 1 aromatic heterocycles. The van der Waals surface area contributed by atoms with Gasteiger partial charge in [0.1, 0.15) is 11.5 Å². The molecule has 1 aromatic carbocycles. The first kappa shape index (κ1) is 15.4. The summed E-state index contributed by atoms with van der Waals surface area (Å²) in [5, 5.41) is 4.09. The van der Waals surface area contributed by atoms with Gasteiger partial charge in [0.2, 0.25) is 5.01 Å². The van der Waals surface area contributed by atoms with Crippen LogP contribution in [0.5, 0.6) is 0 Å². The number of anilines is 1. The van der Waals surface area contributed by atoms with Gasteiger partial charge in [-0.15, -0.1) is 11.3 Å². The molecule has 110 valence electrons. The van der Waals surface area contributed by atoms with E-state index in [0.29, 0.717) is 0 Å². The van der Waals surface area contributed by atoms with Gasteiger partial charge in [-0.2, -0.15) is 0 Å². The summed E-state index contributed by atoms with van der Waals surface area (Å²) in [6, 6.07) is 3.60. The first-order valence-corrected chi connectivity index (χ1v) is 7.16. The summed E-state index contributed by atoms with van der Waals surface area (Å²) in [6.07, 6.45) is 0. The van der Waals surface area contributed by atoms with Crippen molar-refractivity contribution < 1.29 is 18.7 Å². The van der Waals surface area contributed by atoms with E-state index in [2.05, 4.69) is 10.3 Å². The third-order valence-electron chi connectivity index (χ3n) is 2.37. The predicted octanol–water partition coefficient (Wildman–Crippen LogP) is 3.36. The Morgan fingerprint density at radius 2 is 2.24 bits per heavy atom. The molecule has 0 bridgehead atoms. The van der Waals surface area contributed by atoms with E-state index < -0.39 is 17.7 Å². The van der Waals surface area contributed by atoms with Crippen LogP contribution >= 0.6 is 22.9 Å². The highest BCUT2D eigenvalue weighted by molar-refractivity contribution is 7.11. The van der Waals surface area contributed by atoms with Crippen molar-refractivity contribution in [3.8, 4) is 0 Å². The van der Waals surface area contributed by atoms with Gasteiger partial charge in [-0.05, 0) is 25.1 Å². The highest BCUT2D eigenvalue weighted by Crippen LogP contribution is 2.23. The molecule has 0 unspecified atom stereocenters. The van der Waals surface area contributed by atoms with Gasteiger partial charge in [0.25, 0.3) is 5.91 Å². The fraction of sp³-hybridized carbons (Fsp3) is 0.154. The van der Waals surface area contributed by atoms with Crippen molar-refractivity contribution in [3.05, 3.63) is 45.1 Å². The number of nitrogens with zero attached hydrogens (tertiary/aromatic N) is 1. The number of carbonyl (C=O) groups excluding carboxylic acids is 2. The van der Waals surface area contributed by atoms with Gasteiger partial charge in [-0.25, -0.2) is 14.2 Å². The van der Waals surface area contributed by atoms with Crippen LogP contribution in [0, 0.1) is 5.82 Å². The molecule has 2 rings (SSSR count). The second-order valence-electron chi connectivity index (χ2n) is 3.84. The third kappa shape index (κ3) is 3.77. The van der Waals surface area contributed by atoms with E-state index >= 15 is 0 Å². The molecule has 1 N–H and O–H groups in total. The maximum absolute atomic E-state index is 12.9. The number of benzene rings is 1. The SMILES string of the molecule is CCOC(=O)c1nc(C(=O)Nc2ccc(F)cc2Cl)cs1. The van der Waals surface area contributed by atoms with Crippen molar-refractivity contribution in [2.75, 3.05) is 11.9 Å². The summed E-state index contributed by atoms with van der Waals surface area (Å²) in [5.41, 5.74) is 0.317. The molecular formula is C13H10ClFN2O3S. The summed E-state index contributed by atoms with van der Waals surface area (Å²) in [5.74, 6) is -1.63. The van der Waals surface area contributed by atoms with Crippen LogP contribution in [-0.2, 0) is 4.74 Å². The fourth-order valence-corrected chi connectivity index (χ4v) is 2.35. The van der Waals surface area contributed by atoms with Crippen molar-refractivity contribution in [3.63, 3.8) is 0 Å². The van der Waals surface area contributed by atoms with Crippen LogP contribution in [0.4, 0.5) is 10.1 Å². The molecule has 0 aliphatic carbocycles. The Kier molecular flexibility index (Phi) is 4.87. The quantitative estimate of drug-likeness (QED) is 0.874. The molecule has 21 heavy (non-hydrogen) atoms. The maximum Gasteiger partial charge on any atom is 0.367 e. The number of amides is 1. The zero-order valence-electron chi connectivity index (χ0n) is 10.9. The highest BCUT2D eigenvalue weighted by atomic mass is 35.5. The molecular weight excluding hydrogens is 319 g/mol. The lowest BCUT2D eigenvalue weighted by Gasteiger charge is -2.05. The molecule has 1 heterocycles. The van der Waals surface area contributed by atoms with E-state index in [1.54, 1.807) is 6.92 Å². The molecule has 0 fully saturated rings. The number of hydrogen-bond donors (Lipinski definition) is 1. The average Bonchev–Trinajstić information content (AvgIpc) is 2.92. The molecule has 0 saturated carbocycles. The lowest BCUT2D eigenvalue weighted by atomic mass is 10.3.